The quantitative estimate of drug-likeness (QED) is 0.602. The molecule has 9 heteroatoms. The number of rotatable bonds is 6. The minimum atomic E-state index is -3.62. The van der Waals surface area contributed by atoms with E-state index < -0.39 is 10.0 Å². The first-order valence-electron chi connectivity index (χ1n) is 11.0. The second kappa shape index (κ2) is 9.46. The number of aromatic nitrogens is 2. The highest BCUT2D eigenvalue weighted by Crippen LogP contribution is 2.24. The predicted octanol–water partition coefficient (Wildman–Crippen LogP) is 3.07. The van der Waals surface area contributed by atoms with Crippen LogP contribution in [0, 0.1) is 13.8 Å². The summed E-state index contributed by atoms with van der Waals surface area (Å²) in [5.41, 5.74) is 3.55. The minimum Gasteiger partial charge on any atom is -0.322 e. The summed E-state index contributed by atoms with van der Waals surface area (Å²) in [5, 5.41) is 2.86. The number of carbonyl (C=O) groups is 1. The normalized spacial score (nSPS) is 15.5. The molecule has 4 rings (SSSR count). The molecule has 1 amide bonds. The highest BCUT2D eigenvalue weighted by molar-refractivity contribution is 7.89. The minimum absolute atomic E-state index is 0.186. The van der Waals surface area contributed by atoms with Crippen LogP contribution >= 0.6 is 0 Å². The van der Waals surface area contributed by atoms with Crippen LogP contribution in [0.4, 0.5) is 5.69 Å². The highest BCUT2D eigenvalue weighted by atomic mass is 32.2. The smallest absolute Gasteiger partial charge is 0.257 e. The Labute approximate surface area is 194 Å². The Morgan fingerprint density at radius 2 is 1.82 bits per heavy atom. The number of hydrogen-bond donors (Lipinski definition) is 1. The molecule has 0 radical (unpaired) electrons. The summed E-state index contributed by atoms with van der Waals surface area (Å²) in [7, 11) is -3.62. The number of sulfonamides is 1. The molecule has 0 unspecified atom stereocenters. The van der Waals surface area contributed by atoms with Gasteiger partial charge in [-0.05, 0) is 56.8 Å². The molecule has 1 aromatic carbocycles. The first kappa shape index (κ1) is 23.2. The number of amides is 1. The van der Waals surface area contributed by atoms with Gasteiger partial charge in [0.15, 0.2) is 0 Å². The van der Waals surface area contributed by atoms with Crippen LogP contribution in [-0.4, -0.2) is 65.8 Å². The lowest BCUT2D eigenvalue weighted by atomic mass is 10.2. The molecule has 1 fully saturated rings. The third kappa shape index (κ3) is 4.71. The van der Waals surface area contributed by atoms with Crippen molar-refractivity contribution in [2.24, 2.45) is 0 Å². The van der Waals surface area contributed by atoms with Gasteiger partial charge in [-0.2, -0.15) is 4.31 Å². The lowest BCUT2D eigenvalue weighted by Crippen LogP contribution is -2.48. The molecule has 0 aliphatic carbocycles. The van der Waals surface area contributed by atoms with Gasteiger partial charge in [-0.15, -0.1) is 0 Å². The van der Waals surface area contributed by atoms with Crippen LogP contribution < -0.4 is 5.32 Å². The molecule has 1 aliphatic heterocycles. The van der Waals surface area contributed by atoms with Gasteiger partial charge in [0.05, 0.1) is 22.3 Å². The molecule has 3 heterocycles. The van der Waals surface area contributed by atoms with Crippen molar-refractivity contribution in [2.45, 2.75) is 25.7 Å². The molecule has 0 atom stereocenters. The zero-order valence-corrected chi connectivity index (χ0v) is 20.0. The van der Waals surface area contributed by atoms with Crippen molar-refractivity contribution in [2.75, 3.05) is 38.0 Å². The van der Waals surface area contributed by atoms with Crippen molar-refractivity contribution >= 4 is 21.6 Å². The van der Waals surface area contributed by atoms with E-state index in [0.29, 0.717) is 24.3 Å². The number of aryl methyl sites for hydroxylation is 1. The number of piperazine rings is 1. The van der Waals surface area contributed by atoms with Crippen molar-refractivity contribution in [3.63, 3.8) is 0 Å². The van der Waals surface area contributed by atoms with Crippen molar-refractivity contribution in [1.82, 2.24) is 18.8 Å². The monoisotopic (exact) mass is 467 g/mol. The van der Waals surface area contributed by atoms with Crippen molar-refractivity contribution in [3.05, 3.63) is 71.8 Å². The summed E-state index contributed by atoms with van der Waals surface area (Å²) in [6.45, 7) is 9.17. The zero-order valence-electron chi connectivity index (χ0n) is 19.2. The van der Waals surface area contributed by atoms with E-state index in [1.807, 2.05) is 36.6 Å². The molecular weight excluding hydrogens is 438 g/mol. The second-order valence-corrected chi connectivity index (χ2v) is 10.1. The molecule has 3 aromatic rings. The van der Waals surface area contributed by atoms with Crippen molar-refractivity contribution in [3.8, 4) is 5.69 Å². The van der Waals surface area contributed by atoms with E-state index in [4.69, 9.17) is 0 Å². The van der Waals surface area contributed by atoms with E-state index in [2.05, 4.69) is 22.1 Å². The molecule has 0 saturated carbocycles. The molecule has 0 bridgehead atoms. The van der Waals surface area contributed by atoms with E-state index in [1.165, 1.54) is 10.4 Å². The summed E-state index contributed by atoms with van der Waals surface area (Å²) in [6, 6.07) is 12.1. The Bertz CT molecular complexity index is 1250. The van der Waals surface area contributed by atoms with Crippen LogP contribution in [0.3, 0.4) is 0 Å². The Balaban J connectivity index is 1.54. The van der Waals surface area contributed by atoms with Gasteiger partial charge >= 0.3 is 0 Å². The van der Waals surface area contributed by atoms with E-state index in [-0.39, 0.29) is 10.8 Å². The molecule has 1 N–H and O–H groups in total. The first-order chi connectivity index (χ1) is 15.8. The van der Waals surface area contributed by atoms with Gasteiger partial charge in [0.25, 0.3) is 5.91 Å². The maximum Gasteiger partial charge on any atom is 0.257 e. The number of anilines is 1. The summed E-state index contributed by atoms with van der Waals surface area (Å²) in [4.78, 5) is 19.6. The molecule has 8 nitrogen and oxygen atoms in total. The van der Waals surface area contributed by atoms with Crippen molar-refractivity contribution in [1.29, 1.82) is 0 Å². The average molecular weight is 468 g/mol. The fraction of sp³-hybridized carbons (Fsp3) is 0.333. The number of nitrogens with one attached hydrogen (secondary N) is 1. The van der Waals surface area contributed by atoms with Crippen molar-refractivity contribution < 1.29 is 13.2 Å². The second-order valence-electron chi connectivity index (χ2n) is 8.15. The predicted molar refractivity (Wildman–Crippen MR) is 128 cm³/mol. The molecule has 174 valence electrons. The number of likely N-dealkylation sites (N-methyl/N-ethyl adjacent to an activating group) is 1. The van der Waals surface area contributed by atoms with Gasteiger partial charge < -0.3 is 14.8 Å². The van der Waals surface area contributed by atoms with E-state index >= 15 is 0 Å². The lowest BCUT2D eigenvalue weighted by molar-refractivity contribution is 0.102. The Hall–Kier alpha value is -3.01. The maximum atomic E-state index is 13.1. The van der Waals surface area contributed by atoms with Crippen LogP contribution in [0.25, 0.3) is 5.69 Å². The fourth-order valence-electron chi connectivity index (χ4n) is 4.24. The van der Waals surface area contributed by atoms with Gasteiger partial charge in [-0.25, -0.2) is 8.42 Å². The van der Waals surface area contributed by atoms with E-state index in [0.717, 1.165) is 36.7 Å². The average Bonchev–Trinajstić information content (AvgIpc) is 3.13. The molecule has 33 heavy (non-hydrogen) atoms. The van der Waals surface area contributed by atoms with Gasteiger partial charge in [0.2, 0.25) is 10.0 Å². The number of nitrogens with zero attached hydrogens (tertiary/aromatic N) is 4. The summed E-state index contributed by atoms with van der Waals surface area (Å²) in [6.07, 6.45) is 3.45. The van der Waals surface area contributed by atoms with Gasteiger partial charge in [0.1, 0.15) is 0 Å². The van der Waals surface area contributed by atoms with Crippen LogP contribution in [-0.2, 0) is 10.0 Å². The molecule has 1 aliphatic rings. The topological polar surface area (TPSA) is 87.5 Å². The number of carbonyl (C=O) groups excluding carboxylic acids is 1. The molecule has 2 aromatic heterocycles. The molecule has 1 saturated heterocycles. The summed E-state index contributed by atoms with van der Waals surface area (Å²) in [5.74, 6) is -0.288. The number of benzene rings is 1. The maximum absolute atomic E-state index is 13.1. The lowest BCUT2D eigenvalue weighted by Gasteiger charge is -2.33. The van der Waals surface area contributed by atoms with E-state index in [1.54, 1.807) is 30.6 Å². The van der Waals surface area contributed by atoms with Crippen LogP contribution in [0.15, 0.2) is 59.8 Å². The summed E-state index contributed by atoms with van der Waals surface area (Å²) >= 11 is 0. The van der Waals surface area contributed by atoms with Gasteiger partial charge in [-0.3, -0.25) is 9.78 Å². The number of hydrogen-bond acceptors (Lipinski definition) is 5. The van der Waals surface area contributed by atoms with Crippen LogP contribution in [0.2, 0.25) is 0 Å². The zero-order chi connectivity index (χ0) is 23.6. The van der Waals surface area contributed by atoms with Crippen LogP contribution in [0.5, 0.6) is 0 Å². The Morgan fingerprint density at radius 1 is 1.06 bits per heavy atom. The fourth-order valence-corrected chi connectivity index (χ4v) is 5.71. The Morgan fingerprint density at radius 3 is 2.48 bits per heavy atom. The first-order valence-corrected chi connectivity index (χ1v) is 12.5. The molecule has 0 spiro atoms. The van der Waals surface area contributed by atoms with E-state index in [9.17, 15) is 13.2 Å². The Kier molecular flexibility index (Phi) is 6.64. The standard InChI is InChI=1S/C24H29N5O3S/c1-4-27-11-13-28(14-12-27)33(31,32)22-9-5-7-20(16-22)26-24(30)23-15-18(2)29(19(23)3)21-8-6-10-25-17-21/h5-10,15-17H,4,11-14H2,1-3H3,(H,26,30). The van der Waals surface area contributed by atoms with Gasteiger partial charge in [-0.1, -0.05) is 13.0 Å². The SMILES string of the molecule is CCN1CCN(S(=O)(=O)c2cccc(NC(=O)c3cc(C)n(-c4cccnc4)c3C)c2)CC1. The highest BCUT2D eigenvalue weighted by Gasteiger charge is 2.28. The summed E-state index contributed by atoms with van der Waals surface area (Å²) < 4.78 is 29.8. The van der Waals surface area contributed by atoms with Gasteiger partial charge in [0, 0.05) is 49.5 Å². The molecular formula is C24H29N5O3S. The largest absolute Gasteiger partial charge is 0.322 e. The third-order valence-corrected chi connectivity index (χ3v) is 7.98. The van der Waals surface area contributed by atoms with Crippen LogP contribution in [0.1, 0.15) is 28.7 Å². The number of pyridine rings is 1. The third-order valence-electron chi connectivity index (χ3n) is 6.09.